The van der Waals surface area contributed by atoms with Gasteiger partial charge in [0.05, 0.1) is 32.0 Å². The van der Waals surface area contributed by atoms with Gasteiger partial charge in [-0.05, 0) is 83.5 Å². The number of aliphatic hydroxyl groups is 8. The normalized spacial score (nSPS) is 23.4. The van der Waals surface area contributed by atoms with Crippen LogP contribution in [0.25, 0.3) is 0 Å². The number of carbonyl (C=O) groups is 1. The van der Waals surface area contributed by atoms with E-state index in [1.165, 1.54) is 205 Å². The van der Waals surface area contributed by atoms with Crippen LogP contribution in [0.4, 0.5) is 0 Å². The van der Waals surface area contributed by atoms with Crippen LogP contribution in [0.1, 0.15) is 303 Å². The Balaban J connectivity index is 1.70. The molecule has 2 aliphatic heterocycles. The molecule has 89 heavy (non-hydrogen) atoms. The first kappa shape index (κ1) is 82.5. The number of amides is 1. The maximum atomic E-state index is 13.3. The summed E-state index contributed by atoms with van der Waals surface area (Å²) in [5, 5.41) is 87.5. The molecule has 12 unspecified atom stereocenters. The van der Waals surface area contributed by atoms with Gasteiger partial charge in [-0.3, -0.25) is 4.79 Å². The highest BCUT2D eigenvalue weighted by molar-refractivity contribution is 5.76. The Hall–Kier alpha value is -2.57. The van der Waals surface area contributed by atoms with Gasteiger partial charge >= 0.3 is 0 Å². The number of hydrogen-bond acceptors (Lipinski definition) is 13. The number of hydrogen-bond donors (Lipinski definition) is 9. The summed E-state index contributed by atoms with van der Waals surface area (Å²) in [5.74, 6) is -0.257. The van der Waals surface area contributed by atoms with Crippen LogP contribution >= 0.6 is 0 Å². The minimum atomic E-state index is -1.80. The maximum absolute atomic E-state index is 13.3. The van der Waals surface area contributed by atoms with Crippen LogP contribution in [0.2, 0.25) is 0 Å². The number of aliphatic hydroxyl groups excluding tert-OH is 8. The van der Waals surface area contributed by atoms with Crippen molar-refractivity contribution in [3.05, 3.63) is 72.9 Å². The van der Waals surface area contributed by atoms with E-state index < -0.39 is 86.8 Å². The molecule has 9 N–H and O–H groups in total. The van der Waals surface area contributed by atoms with E-state index in [1.807, 2.05) is 6.08 Å². The Kier molecular flexibility index (Phi) is 54.9. The zero-order valence-corrected chi connectivity index (χ0v) is 56.4. The van der Waals surface area contributed by atoms with Gasteiger partial charge in [-0.2, -0.15) is 0 Å². The zero-order valence-electron chi connectivity index (χ0n) is 56.4. The number of rotatable bonds is 60. The lowest BCUT2D eigenvalue weighted by Crippen LogP contribution is -2.65. The molecule has 2 saturated heterocycles. The number of ether oxygens (including phenoxy) is 4. The molecule has 0 aromatic rings. The molecular weight excluding hydrogens is 1120 g/mol. The first-order valence-corrected chi connectivity index (χ1v) is 36.7. The second kappa shape index (κ2) is 59.2. The Bertz CT molecular complexity index is 1770. The van der Waals surface area contributed by atoms with Crippen LogP contribution in [-0.2, 0) is 23.7 Å². The average molecular weight is 1260 g/mol. The molecule has 0 bridgehead atoms. The van der Waals surface area contributed by atoms with E-state index >= 15 is 0 Å². The van der Waals surface area contributed by atoms with Gasteiger partial charge in [-0.15, -0.1) is 0 Å². The van der Waals surface area contributed by atoms with Crippen LogP contribution in [0.3, 0.4) is 0 Å². The van der Waals surface area contributed by atoms with Crippen molar-refractivity contribution in [3.63, 3.8) is 0 Å². The molecule has 0 saturated carbocycles. The van der Waals surface area contributed by atoms with E-state index in [1.54, 1.807) is 6.08 Å². The standard InChI is InChI=1S/C75H135NO13/c1-3-5-7-9-11-13-15-17-19-21-23-25-27-29-30-31-32-33-35-36-38-40-42-44-46-48-50-52-54-56-58-64(79)63(62-86-74-72(85)70(83)73(66(61-78)88-74)89-75-71(84)69(82)68(81)65(60-77)87-75)76-67(80)59-57-55-53-51-49-47-45-43-41-39-37-34-28-26-24-22-20-18-16-14-12-10-8-6-4-2/h16,18,22,24,28,34,40,42,48,50,56,58,63-66,68-75,77-79,81-85H,3-15,17,19-21,23,25-27,29-33,35-39,41,43-47,49,51-55,57,59-62H2,1-2H3,(H,76,80)/b18-16-,24-22-,34-28-,42-40+,50-48+,58-56+. The smallest absolute Gasteiger partial charge is 0.220 e. The maximum Gasteiger partial charge on any atom is 0.220 e. The molecule has 14 heteroatoms. The third kappa shape index (κ3) is 43.1. The Morgan fingerprint density at radius 3 is 1.18 bits per heavy atom. The Labute approximate surface area is 542 Å². The molecule has 14 nitrogen and oxygen atoms in total. The summed E-state index contributed by atoms with van der Waals surface area (Å²) in [6, 6.07) is -0.946. The predicted molar refractivity (Wildman–Crippen MR) is 364 cm³/mol. The second-order valence-corrected chi connectivity index (χ2v) is 25.7. The van der Waals surface area contributed by atoms with Crippen molar-refractivity contribution in [3.8, 4) is 0 Å². The number of allylic oxidation sites excluding steroid dienone is 11. The highest BCUT2D eigenvalue weighted by Gasteiger charge is 2.51. The lowest BCUT2D eigenvalue weighted by atomic mass is 9.97. The molecule has 0 radical (unpaired) electrons. The summed E-state index contributed by atoms with van der Waals surface area (Å²) in [7, 11) is 0. The number of nitrogens with one attached hydrogen (secondary N) is 1. The monoisotopic (exact) mass is 1260 g/mol. The number of unbranched alkanes of at least 4 members (excludes halogenated alkanes) is 37. The summed E-state index contributed by atoms with van der Waals surface area (Å²) < 4.78 is 22.8. The second-order valence-electron chi connectivity index (χ2n) is 25.7. The first-order valence-electron chi connectivity index (χ1n) is 36.7. The first-order chi connectivity index (χ1) is 43.6. The molecule has 0 aromatic heterocycles. The summed E-state index contributed by atoms with van der Waals surface area (Å²) in [5.41, 5.74) is 0. The molecule has 518 valence electrons. The molecule has 0 aromatic carbocycles. The molecule has 2 heterocycles. The van der Waals surface area contributed by atoms with E-state index in [9.17, 15) is 45.6 Å². The third-order valence-corrected chi connectivity index (χ3v) is 17.6. The molecule has 1 amide bonds. The fourth-order valence-corrected chi connectivity index (χ4v) is 11.7. The van der Waals surface area contributed by atoms with Crippen LogP contribution in [0.5, 0.6) is 0 Å². The van der Waals surface area contributed by atoms with Gasteiger partial charge < -0.3 is 65.1 Å². The molecule has 12 atom stereocenters. The molecular formula is C75H135NO13. The van der Waals surface area contributed by atoms with Gasteiger partial charge in [0.15, 0.2) is 12.6 Å². The number of carbonyl (C=O) groups excluding carboxylic acids is 1. The largest absolute Gasteiger partial charge is 0.394 e. The van der Waals surface area contributed by atoms with Crippen LogP contribution in [0, 0.1) is 0 Å². The van der Waals surface area contributed by atoms with Crippen molar-refractivity contribution in [1.82, 2.24) is 5.32 Å². The Morgan fingerprint density at radius 2 is 0.753 bits per heavy atom. The predicted octanol–water partition coefficient (Wildman–Crippen LogP) is 15.4. The molecule has 2 fully saturated rings. The van der Waals surface area contributed by atoms with Crippen molar-refractivity contribution >= 4 is 5.91 Å². The van der Waals surface area contributed by atoms with Gasteiger partial charge in [0, 0.05) is 6.42 Å². The average Bonchev–Trinajstić information content (AvgIpc) is 1.37. The highest BCUT2D eigenvalue weighted by Crippen LogP contribution is 2.30. The summed E-state index contributed by atoms with van der Waals surface area (Å²) in [6.07, 6.45) is 63.9. The van der Waals surface area contributed by atoms with Crippen LogP contribution < -0.4 is 5.32 Å². The van der Waals surface area contributed by atoms with Gasteiger partial charge in [-0.25, -0.2) is 0 Å². The van der Waals surface area contributed by atoms with E-state index in [-0.39, 0.29) is 18.9 Å². The van der Waals surface area contributed by atoms with Crippen molar-refractivity contribution in [2.75, 3.05) is 19.8 Å². The van der Waals surface area contributed by atoms with Crippen molar-refractivity contribution in [1.29, 1.82) is 0 Å². The van der Waals surface area contributed by atoms with Crippen LogP contribution in [-0.4, -0.2) is 140 Å². The molecule has 2 rings (SSSR count). The summed E-state index contributed by atoms with van der Waals surface area (Å²) in [6.45, 7) is 2.79. The quantitative estimate of drug-likeness (QED) is 0.0204. The fraction of sp³-hybridized carbons (Fsp3) is 0.827. The third-order valence-electron chi connectivity index (χ3n) is 17.6. The van der Waals surface area contributed by atoms with Crippen molar-refractivity contribution < 1.29 is 64.6 Å². The van der Waals surface area contributed by atoms with Gasteiger partial charge in [0.2, 0.25) is 5.91 Å². The fourth-order valence-electron chi connectivity index (χ4n) is 11.7. The zero-order chi connectivity index (χ0) is 64.5. The lowest BCUT2D eigenvalue weighted by molar-refractivity contribution is -0.359. The van der Waals surface area contributed by atoms with Gasteiger partial charge in [-0.1, -0.05) is 286 Å². The van der Waals surface area contributed by atoms with E-state index in [2.05, 4.69) is 79.9 Å². The van der Waals surface area contributed by atoms with Gasteiger partial charge in [0.1, 0.15) is 48.8 Å². The molecule has 0 aliphatic carbocycles. The van der Waals surface area contributed by atoms with Crippen molar-refractivity contribution in [2.24, 2.45) is 0 Å². The van der Waals surface area contributed by atoms with E-state index in [4.69, 9.17) is 18.9 Å². The molecule has 0 spiro atoms. The lowest BCUT2D eigenvalue weighted by Gasteiger charge is -2.46. The van der Waals surface area contributed by atoms with Gasteiger partial charge in [0.25, 0.3) is 0 Å². The summed E-state index contributed by atoms with van der Waals surface area (Å²) in [4.78, 5) is 13.3. The van der Waals surface area contributed by atoms with E-state index in [0.717, 1.165) is 64.2 Å². The minimum Gasteiger partial charge on any atom is -0.394 e. The minimum absolute atomic E-state index is 0.257. The topological polar surface area (TPSA) is 228 Å². The Morgan fingerprint density at radius 1 is 0.404 bits per heavy atom. The van der Waals surface area contributed by atoms with Crippen LogP contribution in [0.15, 0.2) is 72.9 Å². The SMILES string of the molecule is CCCCCCC/C=C\C/C=C\C/C=C\CCCCCCCCCCCCC(=O)NC(COC1OC(CO)C(OC2OC(CO)C(O)C(O)C2O)C(O)C1O)C(O)/C=C/CC/C=C/CC/C=C/CCCCCCCCCCCCCCCCCCCCCC. The summed E-state index contributed by atoms with van der Waals surface area (Å²) >= 11 is 0. The van der Waals surface area contributed by atoms with Crippen molar-refractivity contribution in [2.45, 2.75) is 376 Å². The highest BCUT2D eigenvalue weighted by atomic mass is 16.7. The molecule has 2 aliphatic rings. The van der Waals surface area contributed by atoms with E-state index in [0.29, 0.717) is 12.8 Å².